The Balaban J connectivity index is 4.07. The van der Waals surface area contributed by atoms with Gasteiger partial charge < -0.3 is 0 Å². The number of hydrogen-bond donors (Lipinski definition) is 0. The van der Waals surface area contributed by atoms with E-state index < -0.39 is 22.3 Å². The van der Waals surface area contributed by atoms with E-state index in [0.29, 0.717) is 0 Å². The zero-order valence-corrected chi connectivity index (χ0v) is 9.48. The third kappa shape index (κ3) is 8.78. The molecule has 5 heteroatoms. The van der Waals surface area contributed by atoms with Crippen LogP contribution in [-0.4, -0.2) is 26.3 Å². The second-order valence-electron chi connectivity index (χ2n) is 3.24. The van der Waals surface area contributed by atoms with Gasteiger partial charge >= 0.3 is 63.3 Å². The van der Waals surface area contributed by atoms with Gasteiger partial charge in [-0.2, -0.15) is 0 Å². The summed E-state index contributed by atoms with van der Waals surface area (Å²) < 4.78 is 21.1. The van der Waals surface area contributed by atoms with E-state index in [4.69, 9.17) is 10.7 Å². The van der Waals surface area contributed by atoms with Crippen molar-refractivity contribution in [1.82, 2.24) is 0 Å². The Kier molecular flexibility index (Phi) is 3.04. The molecule has 0 aliphatic rings. The van der Waals surface area contributed by atoms with Crippen LogP contribution < -0.4 is 0 Å². The van der Waals surface area contributed by atoms with Gasteiger partial charge in [0.15, 0.2) is 0 Å². The van der Waals surface area contributed by atoms with Crippen molar-refractivity contribution in [2.45, 2.75) is 17.3 Å². The van der Waals surface area contributed by atoms with Crippen LogP contribution in [0.5, 0.6) is 0 Å². The first kappa shape index (κ1) is 9.78. The summed E-state index contributed by atoms with van der Waals surface area (Å²) >= 11 is -1.96. The van der Waals surface area contributed by atoms with E-state index in [-0.39, 0.29) is 4.59 Å². The zero-order valence-electron chi connectivity index (χ0n) is 5.81. The minimum absolute atomic E-state index is 0.217. The molecule has 0 aromatic carbocycles. The maximum absolute atomic E-state index is 10.5. The van der Waals surface area contributed by atoms with Crippen molar-refractivity contribution in [3.05, 3.63) is 0 Å². The average molecular weight is 231 g/mol. The van der Waals surface area contributed by atoms with Crippen LogP contribution in [0.15, 0.2) is 0 Å². The van der Waals surface area contributed by atoms with E-state index in [2.05, 4.69) is 0 Å². The predicted octanol–water partition coefficient (Wildman–Crippen LogP) is 1.43. The molecule has 0 aromatic heterocycles. The van der Waals surface area contributed by atoms with E-state index in [1.165, 1.54) is 0 Å². The summed E-state index contributed by atoms with van der Waals surface area (Å²) in [6.45, 7) is 0. The molecular weight excluding hydrogens is 220 g/mol. The molecule has 0 atom stereocenters. The zero-order chi connectivity index (χ0) is 7.71. The minimum atomic E-state index is -3.23. The summed E-state index contributed by atoms with van der Waals surface area (Å²) in [4.78, 5) is 0. The topological polar surface area (TPSA) is 34.1 Å². The molecule has 0 unspecified atom stereocenters. The Morgan fingerprint density at radius 3 is 1.67 bits per heavy atom. The number of halogens is 1. The second kappa shape index (κ2) is 2.80. The Labute approximate surface area is 63.4 Å². The van der Waals surface area contributed by atoms with Crippen LogP contribution in [-0.2, 0) is 9.05 Å². The number of hydrogen-bond acceptors (Lipinski definition) is 2. The van der Waals surface area contributed by atoms with Crippen molar-refractivity contribution >= 4 is 33.0 Å². The van der Waals surface area contributed by atoms with E-state index in [1.807, 2.05) is 17.3 Å². The molecule has 0 amide bonds. The summed E-state index contributed by atoms with van der Waals surface area (Å²) in [5, 5.41) is 0. The molecule has 0 rings (SSSR count). The Hall–Kier alpha value is 0.783. The normalized spacial score (nSPS) is 13.8. The summed E-state index contributed by atoms with van der Waals surface area (Å²) in [6, 6.07) is 0. The third-order valence-corrected chi connectivity index (χ3v) is 11.1. The monoisotopic (exact) mass is 232 g/mol. The van der Waals surface area contributed by atoms with Crippen molar-refractivity contribution in [1.29, 1.82) is 0 Å². The molecular formula is C4H11ClGeO2S. The van der Waals surface area contributed by atoms with Crippen molar-refractivity contribution in [2.75, 3.05) is 4.59 Å². The molecule has 0 saturated heterocycles. The molecule has 9 heavy (non-hydrogen) atoms. The first-order valence-corrected chi connectivity index (χ1v) is 12.9. The molecule has 56 valence electrons. The SMILES string of the molecule is [CH3][Ge]([CH3])([CH3])[CH2]S(=O)(=O)Cl. The maximum atomic E-state index is 10.5. The van der Waals surface area contributed by atoms with Crippen LogP contribution in [0, 0.1) is 0 Å². The molecule has 0 bridgehead atoms. The van der Waals surface area contributed by atoms with Gasteiger partial charge in [0.1, 0.15) is 0 Å². The predicted molar refractivity (Wildman–Crippen MR) is 43.0 cm³/mol. The Bertz CT molecular complexity index is 179. The summed E-state index contributed by atoms with van der Waals surface area (Å²) in [5.41, 5.74) is 0. The molecule has 0 aromatic rings. The molecule has 0 spiro atoms. The fourth-order valence-corrected chi connectivity index (χ4v) is 13.2. The Morgan fingerprint density at radius 1 is 1.33 bits per heavy atom. The molecule has 0 heterocycles. The summed E-state index contributed by atoms with van der Waals surface area (Å²) in [6.07, 6.45) is 0. The van der Waals surface area contributed by atoms with Gasteiger partial charge in [0.2, 0.25) is 0 Å². The quantitative estimate of drug-likeness (QED) is 0.532. The van der Waals surface area contributed by atoms with Gasteiger partial charge in [-0.25, -0.2) is 0 Å². The van der Waals surface area contributed by atoms with Crippen LogP contribution in [0.4, 0.5) is 0 Å². The van der Waals surface area contributed by atoms with E-state index in [0.717, 1.165) is 0 Å². The average Bonchev–Trinajstić information content (AvgIpc) is 1.14. The molecule has 0 fully saturated rings. The van der Waals surface area contributed by atoms with Crippen molar-refractivity contribution < 1.29 is 8.42 Å². The van der Waals surface area contributed by atoms with Gasteiger partial charge in [-0.1, -0.05) is 0 Å². The van der Waals surface area contributed by atoms with E-state index in [9.17, 15) is 8.42 Å². The van der Waals surface area contributed by atoms with Crippen LogP contribution in [0.2, 0.25) is 17.3 Å². The summed E-state index contributed by atoms with van der Waals surface area (Å²) in [7, 11) is 1.81. The van der Waals surface area contributed by atoms with Gasteiger partial charge in [0.25, 0.3) is 0 Å². The van der Waals surface area contributed by atoms with Gasteiger partial charge in [0.05, 0.1) is 0 Å². The second-order valence-corrected chi connectivity index (χ2v) is 18.6. The van der Waals surface area contributed by atoms with Gasteiger partial charge in [-0.3, -0.25) is 0 Å². The molecule has 0 radical (unpaired) electrons. The van der Waals surface area contributed by atoms with Crippen molar-refractivity contribution in [2.24, 2.45) is 0 Å². The van der Waals surface area contributed by atoms with Gasteiger partial charge in [-0.05, 0) is 0 Å². The van der Waals surface area contributed by atoms with Gasteiger partial charge in [0, 0.05) is 0 Å². The standard InChI is InChI=1S/C4H11ClGeO2S/c1-6(2,3)4-9(5,7)8/h4H2,1-3H3. The fraction of sp³-hybridized carbons (Fsp3) is 1.00. The molecule has 0 saturated carbocycles. The van der Waals surface area contributed by atoms with E-state index >= 15 is 0 Å². The van der Waals surface area contributed by atoms with Crippen LogP contribution in [0.1, 0.15) is 0 Å². The van der Waals surface area contributed by atoms with Crippen molar-refractivity contribution in [3.63, 3.8) is 0 Å². The first-order valence-electron chi connectivity index (χ1n) is 2.63. The van der Waals surface area contributed by atoms with Crippen LogP contribution >= 0.6 is 10.7 Å². The molecule has 0 aliphatic heterocycles. The fourth-order valence-electron chi connectivity index (χ4n) is 0.517. The molecule has 0 aliphatic carbocycles. The van der Waals surface area contributed by atoms with Crippen molar-refractivity contribution in [3.8, 4) is 0 Å². The summed E-state index contributed by atoms with van der Waals surface area (Å²) in [5.74, 6) is 6.04. The number of rotatable bonds is 2. The van der Waals surface area contributed by atoms with Gasteiger partial charge in [-0.15, -0.1) is 0 Å². The molecule has 2 nitrogen and oxygen atoms in total. The van der Waals surface area contributed by atoms with Crippen LogP contribution in [0.25, 0.3) is 0 Å². The first-order chi connectivity index (χ1) is 3.71. The third-order valence-electron chi connectivity index (χ3n) is 0.605. The van der Waals surface area contributed by atoms with E-state index in [1.54, 1.807) is 0 Å². The van der Waals surface area contributed by atoms with Crippen LogP contribution in [0.3, 0.4) is 0 Å². The molecule has 0 N–H and O–H groups in total. The Morgan fingerprint density at radius 2 is 1.67 bits per heavy atom.